The first-order chi connectivity index (χ1) is 6.83. The average Bonchev–Trinajstić information content (AvgIpc) is 2.21. The highest BCUT2D eigenvalue weighted by atomic mass is 35.5. The smallest absolute Gasteiger partial charge is 0.355 e. The normalized spacial score (nSPS) is 10.1. The van der Waals surface area contributed by atoms with Crippen LogP contribution in [0.5, 0.6) is 6.01 Å². The fraction of sp³-hybridized carbons (Fsp3) is 0.750. The zero-order chi connectivity index (χ0) is 10.2. The van der Waals surface area contributed by atoms with Gasteiger partial charge in [-0.1, -0.05) is 36.4 Å². The molecule has 1 aromatic rings. The number of hydrogen-bond donors (Lipinski definition) is 0. The largest absolute Gasteiger partial charge is 0.461 e. The van der Waals surface area contributed by atoms with Crippen LogP contribution in [0, 0.1) is 0 Å². The minimum absolute atomic E-state index is 0.0309. The van der Waals surface area contributed by atoms with E-state index in [-0.39, 0.29) is 11.3 Å². The van der Waals surface area contributed by atoms with Crippen LogP contribution in [-0.4, -0.2) is 27.0 Å². The summed E-state index contributed by atoms with van der Waals surface area (Å²) in [7, 11) is 0. The van der Waals surface area contributed by atoms with E-state index in [1.807, 2.05) is 0 Å². The van der Waals surface area contributed by atoms with E-state index in [0.29, 0.717) is 6.61 Å². The number of unbranched alkanes of at least 4 members (excludes halogenated alkanes) is 3. The van der Waals surface area contributed by atoms with Crippen LogP contribution in [0.3, 0.4) is 0 Å². The summed E-state index contributed by atoms with van der Waals surface area (Å²) < 4.78 is 5.20. The van der Waals surface area contributed by atoms with Gasteiger partial charge < -0.3 is 4.74 Å². The van der Waals surface area contributed by atoms with Crippen molar-refractivity contribution in [3.63, 3.8) is 0 Å². The van der Waals surface area contributed by atoms with Crippen LogP contribution in [0.15, 0.2) is 0 Å². The van der Waals surface area contributed by atoms with Gasteiger partial charge in [0.2, 0.25) is 0 Å². The van der Waals surface area contributed by atoms with Gasteiger partial charge in [0.1, 0.15) is 0 Å². The molecule has 0 saturated heterocycles. The van der Waals surface area contributed by atoms with E-state index in [0.717, 1.165) is 12.8 Å². The fourth-order valence-electron chi connectivity index (χ4n) is 0.958. The van der Waals surface area contributed by atoms with E-state index in [9.17, 15) is 0 Å². The summed E-state index contributed by atoms with van der Waals surface area (Å²) in [4.78, 5) is 0. The van der Waals surface area contributed by atoms with E-state index in [1.165, 1.54) is 12.8 Å². The van der Waals surface area contributed by atoms with Gasteiger partial charge in [0.25, 0.3) is 5.28 Å². The third kappa shape index (κ3) is 4.32. The molecule has 0 aromatic carbocycles. The van der Waals surface area contributed by atoms with E-state index in [4.69, 9.17) is 16.3 Å². The Bertz CT molecular complexity index is 254. The standard InChI is InChI=1S/C8H13ClN4O/c1-2-3-4-5-6-14-8-12-10-7(9)11-13-8/h2-6H2,1H3. The van der Waals surface area contributed by atoms with E-state index in [1.54, 1.807) is 0 Å². The lowest BCUT2D eigenvalue weighted by Crippen LogP contribution is -2.03. The Hall–Kier alpha value is -0.970. The monoisotopic (exact) mass is 216 g/mol. The van der Waals surface area contributed by atoms with Gasteiger partial charge in [-0.25, -0.2) is 0 Å². The molecule has 14 heavy (non-hydrogen) atoms. The zero-order valence-corrected chi connectivity index (χ0v) is 8.87. The molecule has 0 amide bonds. The molecular weight excluding hydrogens is 204 g/mol. The number of nitrogens with zero attached hydrogens (tertiary/aromatic N) is 4. The topological polar surface area (TPSA) is 60.8 Å². The molecule has 0 spiro atoms. The Balaban J connectivity index is 2.15. The van der Waals surface area contributed by atoms with Crippen LogP contribution >= 0.6 is 11.6 Å². The SMILES string of the molecule is CCCCCCOc1nnc(Cl)nn1. The average molecular weight is 217 g/mol. The van der Waals surface area contributed by atoms with Gasteiger partial charge >= 0.3 is 6.01 Å². The van der Waals surface area contributed by atoms with Crippen LogP contribution in [0.1, 0.15) is 32.6 Å². The second-order valence-electron chi connectivity index (χ2n) is 2.86. The van der Waals surface area contributed by atoms with Crippen LogP contribution in [0.25, 0.3) is 0 Å². The first kappa shape index (κ1) is 11.1. The molecule has 0 fully saturated rings. The second-order valence-corrected chi connectivity index (χ2v) is 3.20. The summed E-state index contributed by atoms with van der Waals surface area (Å²) in [6.07, 6.45) is 4.59. The molecule has 0 bridgehead atoms. The predicted octanol–water partition coefficient (Wildman–Crippen LogP) is 1.88. The molecule has 0 unspecified atom stereocenters. The molecule has 0 aliphatic heterocycles. The first-order valence-corrected chi connectivity index (χ1v) is 5.06. The molecule has 0 saturated carbocycles. The van der Waals surface area contributed by atoms with Gasteiger partial charge in [0, 0.05) is 0 Å². The molecular formula is C8H13ClN4O. The molecule has 0 aliphatic carbocycles. The Kier molecular flexibility index (Phi) is 5.14. The van der Waals surface area contributed by atoms with Crippen LogP contribution in [0.4, 0.5) is 0 Å². The summed E-state index contributed by atoms with van der Waals surface area (Å²) >= 11 is 5.41. The lowest BCUT2D eigenvalue weighted by molar-refractivity contribution is 0.273. The predicted molar refractivity (Wildman–Crippen MR) is 52.3 cm³/mol. The molecule has 0 atom stereocenters. The summed E-state index contributed by atoms with van der Waals surface area (Å²) in [6, 6.07) is 0.186. The Morgan fingerprint density at radius 3 is 2.43 bits per heavy atom. The highest BCUT2D eigenvalue weighted by Crippen LogP contribution is 2.02. The molecule has 1 rings (SSSR count). The number of halogens is 1. The third-order valence-electron chi connectivity index (χ3n) is 1.67. The van der Waals surface area contributed by atoms with Crippen LogP contribution < -0.4 is 4.74 Å². The summed E-state index contributed by atoms with van der Waals surface area (Å²) in [5.74, 6) is 0. The second kappa shape index (κ2) is 6.48. The Morgan fingerprint density at radius 2 is 1.79 bits per heavy atom. The zero-order valence-electron chi connectivity index (χ0n) is 8.11. The van der Waals surface area contributed by atoms with Crippen LogP contribution in [0.2, 0.25) is 5.28 Å². The van der Waals surface area contributed by atoms with Crippen molar-refractivity contribution in [1.29, 1.82) is 0 Å². The first-order valence-electron chi connectivity index (χ1n) is 4.68. The van der Waals surface area contributed by atoms with Crippen molar-refractivity contribution in [1.82, 2.24) is 20.4 Å². The molecule has 0 N–H and O–H groups in total. The molecule has 1 heterocycles. The minimum atomic E-state index is 0.0309. The van der Waals surface area contributed by atoms with Crippen molar-refractivity contribution in [2.75, 3.05) is 6.61 Å². The minimum Gasteiger partial charge on any atom is -0.461 e. The van der Waals surface area contributed by atoms with E-state index < -0.39 is 0 Å². The lowest BCUT2D eigenvalue weighted by atomic mass is 10.2. The quantitative estimate of drug-likeness (QED) is 0.680. The van der Waals surface area contributed by atoms with Gasteiger partial charge in [-0.05, 0) is 18.0 Å². The molecule has 0 aliphatic rings. The van der Waals surface area contributed by atoms with Gasteiger partial charge in [0.15, 0.2) is 0 Å². The summed E-state index contributed by atoms with van der Waals surface area (Å²) in [6.45, 7) is 2.77. The maximum Gasteiger partial charge on any atom is 0.355 e. The van der Waals surface area contributed by atoms with Gasteiger partial charge in [-0.3, -0.25) is 0 Å². The highest BCUT2D eigenvalue weighted by Gasteiger charge is 1.99. The van der Waals surface area contributed by atoms with Gasteiger partial charge in [0.05, 0.1) is 6.61 Å². The van der Waals surface area contributed by atoms with Crippen molar-refractivity contribution in [3.8, 4) is 6.01 Å². The van der Waals surface area contributed by atoms with Crippen molar-refractivity contribution in [2.45, 2.75) is 32.6 Å². The number of aromatic nitrogens is 4. The molecule has 78 valence electrons. The molecule has 1 aromatic heterocycles. The van der Waals surface area contributed by atoms with E-state index in [2.05, 4.69) is 27.3 Å². The summed E-state index contributed by atoms with van der Waals surface area (Å²) in [5, 5.41) is 14.3. The van der Waals surface area contributed by atoms with Crippen molar-refractivity contribution >= 4 is 11.6 Å². The fourth-order valence-corrected chi connectivity index (χ4v) is 1.03. The number of ether oxygens (including phenoxy) is 1. The maximum absolute atomic E-state index is 5.41. The van der Waals surface area contributed by atoms with E-state index >= 15 is 0 Å². The third-order valence-corrected chi connectivity index (χ3v) is 1.82. The number of rotatable bonds is 6. The maximum atomic E-state index is 5.41. The number of hydrogen-bond acceptors (Lipinski definition) is 5. The van der Waals surface area contributed by atoms with Gasteiger partial charge in [-0.15, -0.1) is 10.2 Å². The summed E-state index contributed by atoms with van der Waals surface area (Å²) in [5.41, 5.74) is 0. The van der Waals surface area contributed by atoms with Crippen molar-refractivity contribution < 1.29 is 4.74 Å². The Labute approximate surface area is 87.9 Å². The highest BCUT2D eigenvalue weighted by molar-refractivity contribution is 6.28. The van der Waals surface area contributed by atoms with Crippen LogP contribution in [-0.2, 0) is 0 Å². The van der Waals surface area contributed by atoms with Gasteiger partial charge in [-0.2, -0.15) is 0 Å². The van der Waals surface area contributed by atoms with Crippen molar-refractivity contribution in [2.24, 2.45) is 0 Å². The van der Waals surface area contributed by atoms with Crippen molar-refractivity contribution in [3.05, 3.63) is 5.28 Å². The molecule has 0 radical (unpaired) electrons. The lowest BCUT2D eigenvalue weighted by Gasteiger charge is -2.01. The molecule has 6 heteroatoms. The molecule has 5 nitrogen and oxygen atoms in total. The Morgan fingerprint density at radius 1 is 1.07 bits per heavy atom.